The fourth-order valence-corrected chi connectivity index (χ4v) is 6.44. The smallest absolute Gasteiger partial charge is 0.421 e. The number of rotatable bonds is 0. The Labute approximate surface area is 195 Å². The van der Waals surface area contributed by atoms with Gasteiger partial charge in [0.25, 0.3) is 0 Å². The minimum atomic E-state index is 0.0438. The molecule has 0 fully saturated rings. The molecule has 0 N–H and O–H groups in total. The average molecular weight is 432 g/mol. The van der Waals surface area contributed by atoms with Gasteiger partial charge in [-0.3, -0.25) is 0 Å². The summed E-state index contributed by atoms with van der Waals surface area (Å²) >= 11 is 0. The molecule has 0 amide bonds. The molecule has 4 heteroatoms. The Hall–Kier alpha value is -4.44. The van der Waals surface area contributed by atoms with Gasteiger partial charge in [0.15, 0.2) is 5.58 Å². The summed E-state index contributed by atoms with van der Waals surface area (Å²) in [5.74, 6) is 0. The van der Waals surface area contributed by atoms with E-state index in [0.29, 0.717) is 0 Å². The monoisotopic (exact) mass is 432 g/mol. The van der Waals surface area contributed by atoms with Gasteiger partial charge in [-0.15, -0.1) is 0 Å². The van der Waals surface area contributed by atoms with Crippen molar-refractivity contribution in [3.05, 3.63) is 103 Å². The molecule has 3 nitrogen and oxygen atoms in total. The third-order valence-corrected chi connectivity index (χ3v) is 7.73. The van der Waals surface area contributed by atoms with E-state index in [4.69, 9.17) is 4.42 Å². The molecule has 0 atom stereocenters. The lowest BCUT2D eigenvalue weighted by molar-refractivity contribution is 0.670. The summed E-state index contributed by atoms with van der Waals surface area (Å²) in [6.45, 7) is 0.0438. The molecule has 4 heterocycles. The van der Waals surface area contributed by atoms with Crippen molar-refractivity contribution in [1.82, 2.24) is 4.48 Å². The zero-order valence-corrected chi connectivity index (χ0v) is 18.2. The molecule has 2 aliphatic heterocycles. The number of furan rings is 1. The van der Waals surface area contributed by atoms with Crippen molar-refractivity contribution in [3.63, 3.8) is 0 Å². The lowest BCUT2D eigenvalue weighted by Gasteiger charge is -2.34. The Bertz CT molecular complexity index is 2000. The topological polar surface area (TPSA) is 21.3 Å². The third kappa shape index (κ3) is 1.81. The highest BCUT2D eigenvalue weighted by Crippen LogP contribution is 2.53. The van der Waals surface area contributed by atoms with Crippen LogP contribution >= 0.6 is 0 Å². The maximum Gasteiger partial charge on any atom is 0.421 e. The van der Waals surface area contributed by atoms with Crippen LogP contribution in [0, 0.1) is 0 Å². The third-order valence-electron chi connectivity index (χ3n) is 7.73. The molecule has 0 spiro atoms. The van der Waals surface area contributed by atoms with Crippen LogP contribution in [0.25, 0.3) is 54.9 Å². The van der Waals surface area contributed by atoms with Gasteiger partial charge in [-0.1, -0.05) is 78.9 Å². The molecule has 2 aromatic heterocycles. The zero-order chi connectivity index (χ0) is 22.0. The largest absolute Gasteiger partial charge is 0.454 e. The first-order valence-corrected chi connectivity index (χ1v) is 11.7. The maximum atomic E-state index is 6.61. The molecule has 156 valence electrons. The second-order valence-corrected chi connectivity index (χ2v) is 9.33. The van der Waals surface area contributed by atoms with E-state index in [2.05, 4.69) is 112 Å². The van der Waals surface area contributed by atoms with Crippen LogP contribution in [0.3, 0.4) is 0 Å². The molecule has 2 aliphatic rings. The number of hydrogen-bond acceptors (Lipinski definition) is 2. The van der Waals surface area contributed by atoms with Crippen LogP contribution in [0.1, 0.15) is 0 Å². The van der Waals surface area contributed by atoms with Crippen LogP contribution in [0.2, 0.25) is 0 Å². The molecule has 5 aromatic carbocycles. The normalized spacial score (nSPS) is 13.8. The Balaban J connectivity index is 1.56. The Morgan fingerprint density at radius 2 is 1.35 bits per heavy atom. The summed E-state index contributed by atoms with van der Waals surface area (Å²) in [5.41, 5.74) is 10.7. The minimum Gasteiger partial charge on any atom is -0.454 e. The van der Waals surface area contributed by atoms with Crippen molar-refractivity contribution in [3.8, 4) is 11.1 Å². The summed E-state index contributed by atoms with van der Waals surface area (Å²) in [4.78, 5) is 2.51. The molecule has 9 rings (SSSR count). The fraction of sp³-hybridized carbons (Fsp3) is 0. The number of hydrogen-bond donors (Lipinski definition) is 0. The van der Waals surface area contributed by atoms with E-state index < -0.39 is 0 Å². The molecule has 0 radical (unpaired) electrons. The highest BCUT2D eigenvalue weighted by Gasteiger charge is 2.46. The van der Waals surface area contributed by atoms with Crippen LogP contribution in [0.15, 0.2) is 108 Å². The predicted molar refractivity (Wildman–Crippen MR) is 142 cm³/mol. The second-order valence-electron chi connectivity index (χ2n) is 9.33. The quantitative estimate of drug-likeness (QED) is 0.239. The molecule has 0 saturated heterocycles. The van der Waals surface area contributed by atoms with Gasteiger partial charge in [0.05, 0.1) is 11.2 Å². The van der Waals surface area contributed by atoms with Crippen molar-refractivity contribution in [2.45, 2.75) is 0 Å². The first-order valence-electron chi connectivity index (χ1n) is 11.7. The summed E-state index contributed by atoms with van der Waals surface area (Å²) in [6.07, 6.45) is 0. The van der Waals surface area contributed by atoms with Gasteiger partial charge in [0.2, 0.25) is 0 Å². The molecular weight excluding hydrogens is 415 g/mol. The molecular formula is C30H17BN2O. The summed E-state index contributed by atoms with van der Waals surface area (Å²) in [5, 5.41) is 4.93. The van der Waals surface area contributed by atoms with E-state index in [-0.39, 0.29) is 6.98 Å². The average Bonchev–Trinajstić information content (AvgIpc) is 3.55. The number of anilines is 2. The van der Waals surface area contributed by atoms with Crippen molar-refractivity contribution in [1.29, 1.82) is 0 Å². The predicted octanol–water partition coefficient (Wildman–Crippen LogP) is 7.07. The molecule has 0 bridgehead atoms. The molecule has 0 aliphatic carbocycles. The van der Waals surface area contributed by atoms with Gasteiger partial charge in [-0.05, 0) is 35.3 Å². The lowest BCUT2D eigenvalue weighted by Crippen LogP contribution is -2.51. The van der Waals surface area contributed by atoms with Crippen molar-refractivity contribution >= 4 is 67.6 Å². The van der Waals surface area contributed by atoms with Crippen LogP contribution in [-0.4, -0.2) is 11.5 Å². The van der Waals surface area contributed by atoms with E-state index in [1.165, 1.54) is 60.5 Å². The van der Waals surface area contributed by atoms with Crippen LogP contribution in [0.4, 0.5) is 11.4 Å². The van der Waals surface area contributed by atoms with Gasteiger partial charge in [-0.25, -0.2) is 0 Å². The number of fused-ring (bicyclic) bond motifs is 15. The number of para-hydroxylation sites is 3. The highest BCUT2D eigenvalue weighted by atomic mass is 16.3. The minimum absolute atomic E-state index is 0.0438. The maximum absolute atomic E-state index is 6.61. The van der Waals surface area contributed by atoms with Crippen LogP contribution < -0.4 is 10.3 Å². The SMILES string of the molecule is c1ccc2c(c1)B1N(c3ccccc3-2)c2c3oc4ccccc4c3cc3c4ccccc4n1c23. The second kappa shape index (κ2) is 5.73. The van der Waals surface area contributed by atoms with E-state index in [9.17, 15) is 0 Å². The van der Waals surface area contributed by atoms with E-state index in [0.717, 1.165) is 11.2 Å². The molecule has 34 heavy (non-hydrogen) atoms. The molecule has 0 saturated carbocycles. The zero-order valence-electron chi connectivity index (χ0n) is 18.2. The van der Waals surface area contributed by atoms with E-state index >= 15 is 0 Å². The van der Waals surface area contributed by atoms with Gasteiger partial charge < -0.3 is 13.7 Å². The van der Waals surface area contributed by atoms with Crippen molar-refractivity contribution in [2.75, 3.05) is 4.81 Å². The van der Waals surface area contributed by atoms with Gasteiger partial charge in [-0.2, -0.15) is 0 Å². The molecule has 0 unspecified atom stereocenters. The Kier molecular flexibility index (Phi) is 2.88. The number of aromatic nitrogens is 1. The number of benzene rings is 5. The lowest BCUT2D eigenvalue weighted by atomic mass is 9.60. The molecule has 7 aromatic rings. The van der Waals surface area contributed by atoms with Gasteiger partial charge >= 0.3 is 6.98 Å². The van der Waals surface area contributed by atoms with Gasteiger partial charge in [0, 0.05) is 38.3 Å². The van der Waals surface area contributed by atoms with Crippen molar-refractivity contribution < 1.29 is 4.42 Å². The van der Waals surface area contributed by atoms with Crippen LogP contribution in [0.5, 0.6) is 0 Å². The Morgan fingerprint density at radius 1 is 0.618 bits per heavy atom. The van der Waals surface area contributed by atoms with E-state index in [1.807, 2.05) is 0 Å². The van der Waals surface area contributed by atoms with E-state index in [1.54, 1.807) is 0 Å². The summed E-state index contributed by atoms with van der Waals surface area (Å²) in [7, 11) is 0. The highest BCUT2D eigenvalue weighted by molar-refractivity contribution is 6.83. The standard InChI is InChI=1S/C30H17BN2O/c1-5-13-24-18(9-1)19-10-2-6-14-25(19)33-29-28-22(20-11-3-7-15-26(20)32(28)31(24)33)17-23-21-12-4-8-16-27(21)34-30(23)29/h1-17H. The Morgan fingerprint density at radius 3 is 2.29 bits per heavy atom. The summed E-state index contributed by atoms with van der Waals surface area (Å²) in [6, 6.07) is 37.2. The van der Waals surface area contributed by atoms with Crippen LogP contribution in [-0.2, 0) is 0 Å². The summed E-state index contributed by atoms with van der Waals surface area (Å²) < 4.78 is 9.14. The fourth-order valence-electron chi connectivity index (χ4n) is 6.44. The van der Waals surface area contributed by atoms with Gasteiger partial charge in [0.1, 0.15) is 5.58 Å². The first-order chi connectivity index (χ1) is 16.9. The number of nitrogens with zero attached hydrogens (tertiary/aromatic N) is 2. The van der Waals surface area contributed by atoms with Crippen molar-refractivity contribution in [2.24, 2.45) is 0 Å². The first kappa shape index (κ1) is 17.1.